The van der Waals surface area contributed by atoms with Crippen molar-refractivity contribution < 1.29 is 9.53 Å². The first kappa shape index (κ1) is 16.2. The number of fused-ring (bicyclic) bond motifs is 1. The SMILES string of the molecule is O=C(Nc1cccnc1)[C@@H]1C[C@H]2CCN(Cc3cccnc3)C[C@@H]2O1. The third-order valence-corrected chi connectivity index (χ3v) is 4.99. The lowest BCUT2D eigenvalue weighted by Crippen LogP contribution is -2.41. The average molecular weight is 338 g/mol. The van der Waals surface area contributed by atoms with Gasteiger partial charge in [-0.05, 0) is 49.1 Å². The quantitative estimate of drug-likeness (QED) is 0.925. The Hall–Kier alpha value is -2.31. The molecule has 4 rings (SSSR count). The van der Waals surface area contributed by atoms with Crippen molar-refractivity contribution in [3.63, 3.8) is 0 Å². The van der Waals surface area contributed by atoms with E-state index in [1.54, 1.807) is 24.7 Å². The zero-order valence-electron chi connectivity index (χ0n) is 14.0. The average Bonchev–Trinajstić information content (AvgIpc) is 3.07. The Bertz CT molecular complexity index is 710. The van der Waals surface area contributed by atoms with Crippen LogP contribution in [0.15, 0.2) is 49.1 Å². The lowest BCUT2D eigenvalue weighted by molar-refractivity contribution is -0.127. The van der Waals surface area contributed by atoms with Crippen molar-refractivity contribution in [2.45, 2.75) is 31.6 Å². The van der Waals surface area contributed by atoms with Crippen LogP contribution in [0, 0.1) is 5.92 Å². The van der Waals surface area contributed by atoms with E-state index in [-0.39, 0.29) is 18.1 Å². The standard InChI is InChI=1S/C19H22N4O2/c24-19(22-16-4-2-7-21-11-16)17-9-15-5-8-23(13-18(15)25-17)12-14-3-1-6-20-10-14/h1-4,6-7,10-11,15,17-18H,5,8-9,12-13H2,(H,22,24)/t15-,17+,18+/m1/s1. The molecule has 2 aromatic heterocycles. The smallest absolute Gasteiger partial charge is 0.253 e. The number of aromatic nitrogens is 2. The molecule has 2 aliphatic heterocycles. The van der Waals surface area contributed by atoms with Crippen LogP contribution in [0.25, 0.3) is 0 Å². The fourth-order valence-electron chi connectivity index (χ4n) is 3.72. The molecule has 0 aromatic carbocycles. The molecule has 2 aliphatic rings. The number of pyridine rings is 2. The highest BCUT2D eigenvalue weighted by Crippen LogP contribution is 2.34. The maximum atomic E-state index is 12.4. The van der Waals surface area contributed by atoms with Crippen molar-refractivity contribution in [1.82, 2.24) is 14.9 Å². The molecular formula is C19H22N4O2. The molecule has 0 unspecified atom stereocenters. The predicted molar refractivity (Wildman–Crippen MR) is 93.8 cm³/mol. The Labute approximate surface area is 147 Å². The van der Waals surface area contributed by atoms with Crippen molar-refractivity contribution in [2.75, 3.05) is 18.4 Å². The van der Waals surface area contributed by atoms with Gasteiger partial charge in [0.2, 0.25) is 0 Å². The second kappa shape index (κ2) is 7.29. The summed E-state index contributed by atoms with van der Waals surface area (Å²) < 4.78 is 6.08. The van der Waals surface area contributed by atoms with Gasteiger partial charge >= 0.3 is 0 Å². The first-order valence-corrected chi connectivity index (χ1v) is 8.75. The molecule has 0 aliphatic carbocycles. The number of piperidine rings is 1. The number of anilines is 1. The number of hydrogen-bond donors (Lipinski definition) is 1. The van der Waals surface area contributed by atoms with Crippen LogP contribution in [0.5, 0.6) is 0 Å². The van der Waals surface area contributed by atoms with Gasteiger partial charge in [-0.15, -0.1) is 0 Å². The van der Waals surface area contributed by atoms with Gasteiger partial charge in [0.05, 0.1) is 18.0 Å². The number of nitrogens with one attached hydrogen (secondary N) is 1. The van der Waals surface area contributed by atoms with E-state index in [0.29, 0.717) is 11.6 Å². The molecule has 4 heterocycles. The number of likely N-dealkylation sites (tertiary alicyclic amines) is 1. The van der Waals surface area contributed by atoms with Crippen molar-refractivity contribution in [1.29, 1.82) is 0 Å². The van der Waals surface area contributed by atoms with Gasteiger partial charge in [0.15, 0.2) is 0 Å². The van der Waals surface area contributed by atoms with Gasteiger partial charge in [-0.1, -0.05) is 6.07 Å². The van der Waals surface area contributed by atoms with E-state index in [1.807, 2.05) is 18.3 Å². The normalized spacial score (nSPS) is 26.2. The third-order valence-electron chi connectivity index (χ3n) is 4.99. The lowest BCUT2D eigenvalue weighted by Gasteiger charge is -2.33. The molecule has 130 valence electrons. The van der Waals surface area contributed by atoms with Gasteiger partial charge in [-0.2, -0.15) is 0 Å². The molecule has 0 radical (unpaired) electrons. The number of ether oxygens (including phenoxy) is 1. The van der Waals surface area contributed by atoms with E-state index in [0.717, 1.165) is 32.5 Å². The van der Waals surface area contributed by atoms with Gasteiger partial charge in [0, 0.05) is 31.7 Å². The van der Waals surface area contributed by atoms with Gasteiger partial charge in [-0.3, -0.25) is 19.7 Å². The van der Waals surface area contributed by atoms with E-state index in [9.17, 15) is 4.79 Å². The van der Waals surface area contributed by atoms with Crippen molar-refractivity contribution in [3.8, 4) is 0 Å². The molecule has 0 saturated carbocycles. The fourth-order valence-corrected chi connectivity index (χ4v) is 3.72. The summed E-state index contributed by atoms with van der Waals surface area (Å²) >= 11 is 0. The van der Waals surface area contributed by atoms with Crippen LogP contribution < -0.4 is 5.32 Å². The van der Waals surface area contributed by atoms with Crippen LogP contribution in [-0.4, -0.2) is 46.1 Å². The van der Waals surface area contributed by atoms with Crippen molar-refractivity contribution >= 4 is 11.6 Å². The van der Waals surface area contributed by atoms with Crippen LogP contribution in [0.2, 0.25) is 0 Å². The highest BCUT2D eigenvalue weighted by atomic mass is 16.5. The largest absolute Gasteiger partial charge is 0.364 e. The zero-order chi connectivity index (χ0) is 17.1. The summed E-state index contributed by atoms with van der Waals surface area (Å²) in [5, 5.41) is 2.90. The van der Waals surface area contributed by atoms with Gasteiger partial charge < -0.3 is 10.1 Å². The minimum Gasteiger partial charge on any atom is -0.364 e. The highest BCUT2D eigenvalue weighted by molar-refractivity contribution is 5.94. The van der Waals surface area contributed by atoms with Crippen molar-refractivity contribution in [2.24, 2.45) is 5.92 Å². The number of carbonyl (C=O) groups excluding carboxylic acids is 1. The topological polar surface area (TPSA) is 67.4 Å². The Balaban J connectivity index is 1.33. The van der Waals surface area contributed by atoms with Crippen LogP contribution in [0.1, 0.15) is 18.4 Å². The predicted octanol–water partition coefficient (Wildman–Crippen LogP) is 2.09. The number of rotatable bonds is 4. The fraction of sp³-hybridized carbons (Fsp3) is 0.421. The van der Waals surface area contributed by atoms with Crippen LogP contribution in [0.3, 0.4) is 0 Å². The Morgan fingerprint density at radius 2 is 2.08 bits per heavy atom. The molecule has 6 nitrogen and oxygen atoms in total. The van der Waals surface area contributed by atoms with E-state index in [1.165, 1.54) is 5.56 Å². The number of amides is 1. The number of hydrogen-bond acceptors (Lipinski definition) is 5. The summed E-state index contributed by atoms with van der Waals surface area (Å²) in [6, 6.07) is 7.70. The molecule has 0 spiro atoms. The molecule has 2 fully saturated rings. The molecule has 2 saturated heterocycles. The second-order valence-corrected chi connectivity index (χ2v) is 6.77. The van der Waals surface area contributed by atoms with Crippen molar-refractivity contribution in [3.05, 3.63) is 54.6 Å². The Kier molecular flexibility index (Phi) is 4.72. The summed E-state index contributed by atoms with van der Waals surface area (Å²) in [6.45, 7) is 2.79. The van der Waals surface area contributed by atoms with Gasteiger partial charge in [-0.25, -0.2) is 0 Å². The van der Waals surface area contributed by atoms with Gasteiger partial charge in [0.1, 0.15) is 6.10 Å². The molecular weight excluding hydrogens is 316 g/mol. The summed E-state index contributed by atoms with van der Waals surface area (Å²) in [5.41, 5.74) is 1.92. The van der Waals surface area contributed by atoms with Gasteiger partial charge in [0.25, 0.3) is 5.91 Å². The monoisotopic (exact) mass is 338 g/mol. The van der Waals surface area contributed by atoms with Crippen LogP contribution >= 0.6 is 0 Å². The number of nitrogens with zero attached hydrogens (tertiary/aromatic N) is 3. The summed E-state index contributed by atoms with van der Waals surface area (Å²) in [4.78, 5) is 23.0. The molecule has 6 heteroatoms. The molecule has 2 aromatic rings. The first-order chi connectivity index (χ1) is 12.3. The minimum absolute atomic E-state index is 0.0683. The Morgan fingerprint density at radius 3 is 2.84 bits per heavy atom. The second-order valence-electron chi connectivity index (χ2n) is 6.77. The zero-order valence-corrected chi connectivity index (χ0v) is 14.0. The molecule has 1 amide bonds. The highest BCUT2D eigenvalue weighted by Gasteiger charge is 2.41. The lowest BCUT2D eigenvalue weighted by atomic mass is 9.91. The minimum atomic E-state index is -0.367. The third kappa shape index (κ3) is 3.86. The molecule has 3 atom stereocenters. The van der Waals surface area contributed by atoms with Crippen LogP contribution in [-0.2, 0) is 16.1 Å². The summed E-state index contributed by atoms with van der Waals surface area (Å²) in [5.74, 6) is 0.399. The molecule has 0 bridgehead atoms. The Morgan fingerprint density at radius 1 is 1.24 bits per heavy atom. The van der Waals surface area contributed by atoms with E-state index < -0.39 is 0 Å². The maximum Gasteiger partial charge on any atom is 0.253 e. The van der Waals surface area contributed by atoms with E-state index >= 15 is 0 Å². The maximum absolute atomic E-state index is 12.4. The van der Waals surface area contributed by atoms with Crippen LogP contribution in [0.4, 0.5) is 5.69 Å². The summed E-state index contributed by atoms with van der Waals surface area (Å²) in [6.07, 6.45) is 8.68. The molecule has 1 N–H and O–H groups in total. The van der Waals surface area contributed by atoms with E-state index in [4.69, 9.17) is 4.74 Å². The van der Waals surface area contributed by atoms with E-state index in [2.05, 4.69) is 26.3 Å². The number of carbonyl (C=O) groups is 1. The summed E-state index contributed by atoms with van der Waals surface area (Å²) in [7, 11) is 0. The first-order valence-electron chi connectivity index (χ1n) is 8.75. The molecule has 25 heavy (non-hydrogen) atoms.